The number of carbonyl (C=O) groups is 4. The van der Waals surface area contributed by atoms with Crippen molar-refractivity contribution < 1.29 is 29.4 Å². The van der Waals surface area contributed by atoms with Crippen molar-refractivity contribution in [3.63, 3.8) is 0 Å². The molecule has 15 nitrogen and oxygen atoms in total. The summed E-state index contributed by atoms with van der Waals surface area (Å²) in [5, 5.41) is 37.2. The summed E-state index contributed by atoms with van der Waals surface area (Å²) >= 11 is 0. The molecule has 1 saturated heterocycles. The maximum atomic E-state index is 13.8. The number of nitrogens with zero attached hydrogens (tertiary/aromatic N) is 4. The van der Waals surface area contributed by atoms with Crippen LogP contribution in [-0.4, -0.2) is 97.7 Å². The summed E-state index contributed by atoms with van der Waals surface area (Å²) in [6.07, 6.45) is 12.1. The maximum Gasteiger partial charge on any atom is 0.315 e. The van der Waals surface area contributed by atoms with Crippen LogP contribution < -0.4 is 27.4 Å². The Morgan fingerprint density at radius 3 is 2.50 bits per heavy atom. The number of carbonyl (C=O) groups excluding carboxylic acids is 4. The number of aliphatic hydroxyl groups excluding tert-OH is 1. The van der Waals surface area contributed by atoms with Crippen molar-refractivity contribution in [3.8, 4) is 12.3 Å². The number of amides is 5. The van der Waals surface area contributed by atoms with Gasteiger partial charge >= 0.3 is 6.03 Å². The highest BCUT2D eigenvalue weighted by atomic mass is 35.5. The summed E-state index contributed by atoms with van der Waals surface area (Å²) in [5.74, 6) is 0.699. The highest BCUT2D eigenvalue weighted by molar-refractivity contribution is 5.91. The van der Waals surface area contributed by atoms with Crippen LogP contribution in [0.5, 0.6) is 0 Å². The first kappa shape index (κ1) is 38.7. The molecule has 2 heterocycles. The van der Waals surface area contributed by atoms with Crippen LogP contribution in [0.25, 0.3) is 0 Å². The average Bonchev–Trinajstić information content (AvgIpc) is 3.67. The normalized spacial score (nSPS) is 20.5. The topological polar surface area (TPSA) is 231 Å². The van der Waals surface area contributed by atoms with E-state index in [2.05, 4.69) is 32.2 Å². The second-order valence-corrected chi connectivity index (χ2v) is 12.6. The molecule has 9 N–H and O–H groups in total. The fraction of sp³-hybridized carbons (Fsp3) is 0.733. The van der Waals surface area contributed by atoms with Crippen LogP contribution in [0.15, 0.2) is 6.20 Å². The second kappa shape index (κ2) is 18.0. The predicted molar refractivity (Wildman–Crippen MR) is 172 cm³/mol. The Bertz CT molecular complexity index is 1210. The van der Waals surface area contributed by atoms with Crippen LogP contribution in [0.4, 0.5) is 4.79 Å². The maximum absolute atomic E-state index is 13.8. The van der Waals surface area contributed by atoms with E-state index in [1.54, 1.807) is 13.8 Å². The largest absolute Gasteiger partial charge is 0.384 e. The lowest BCUT2D eigenvalue weighted by Crippen LogP contribution is -2.56. The molecule has 1 saturated carbocycles. The van der Waals surface area contributed by atoms with Gasteiger partial charge in [-0.2, -0.15) is 0 Å². The third-order valence-electron chi connectivity index (χ3n) is 8.62. The van der Waals surface area contributed by atoms with Crippen molar-refractivity contribution in [2.24, 2.45) is 17.4 Å². The molecule has 5 atom stereocenters. The zero-order valence-electron chi connectivity index (χ0n) is 26.7. The standard InChI is InChI=1S/C30H49N9O6.ClH/c1-4-13-33-29(44)34-14-9-8-12-22(25(40)26(32)41)36-27(42)23-16-20(39-24(17-35-37-39)30(2,3)45)18-38(23)28(43)21(31)15-19-10-6-5-7-11-19;/h1,17,19-23,25,40,45H,5-16,18,31H2,2-3H3,(H2,32,41)(H,36,42)(H2,33,34,44);1H/t20-,21?,22?,23-,25?;/m0./s1. The number of likely N-dealkylation sites (tertiary alicyclic amines) is 1. The molecule has 0 spiro atoms. The summed E-state index contributed by atoms with van der Waals surface area (Å²) in [5.41, 5.74) is 11.0. The third kappa shape index (κ3) is 10.8. The van der Waals surface area contributed by atoms with Crippen LogP contribution >= 0.6 is 12.4 Å². The monoisotopic (exact) mass is 667 g/mol. The number of hydrogen-bond acceptors (Lipinski definition) is 9. The SMILES string of the molecule is C#CCNC(=O)NCCCCC(NC(=O)[C@@H]1C[C@H](n2nncc2C(C)(C)O)CN1C(=O)C(N)CC1CCCCC1)C(O)C(N)=O.Cl. The number of aliphatic hydroxyl groups is 2. The number of terminal acetylenes is 1. The zero-order chi connectivity index (χ0) is 33.1. The number of rotatable bonds is 15. The van der Waals surface area contributed by atoms with Crippen molar-refractivity contribution in [2.75, 3.05) is 19.6 Å². The number of nitrogens with two attached hydrogens (primary N) is 2. The molecule has 3 unspecified atom stereocenters. The summed E-state index contributed by atoms with van der Waals surface area (Å²) in [6, 6.07) is -3.72. The summed E-state index contributed by atoms with van der Waals surface area (Å²) in [4.78, 5) is 52.6. The number of halogens is 1. The van der Waals surface area contributed by atoms with E-state index in [0.717, 1.165) is 25.7 Å². The smallest absolute Gasteiger partial charge is 0.315 e. The van der Waals surface area contributed by atoms with Gasteiger partial charge in [-0.3, -0.25) is 14.4 Å². The third-order valence-corrected chi connectivity index (χ3v) is 8.62. The van der Waals surface area contributed by atoms with Gasteiger partial charge in [0.05, 0.1) is 36.6 Å². The Labute approximate surface area is 276 Å². The first-order chi connectivity index (χ1) is 21.3. The minimum Gasteiger partial charge on any atom is -0.384 e. The Morgan fingerprint density at radius 1 is 1.17 bits per heavy atom. The van der Waals surface area contributed by atoms with Gasteiger partial charge in [0.15, 0.2) is 6.10 Å². The fourth-order valence-electron chi connectivity index (χ4n) is 6.20. The lowest BCUT2D eigenvalue weighted by Gasteiger charge is -2.31. The Hall–Kier alpha value is -3.45. The lowest BCUT2D eigenvalue weighted by molar-refractivity contribution is -0.141. The molecule has 0 bridgehead atoms. The van der Waals surface area contributed by atoms with E-state index >= 15 is 0 Å². The quantitative estimate of drug-likeness (QED) is 0.0968. The molecule has 3 rings (SSSR count). The van der Waals surface area contributed by atoms with Crippen molar-refractivity contribution in [1.82, 2.24) is 35.8 Å². The number of unbranched alkanes of at least 4 members (excludes halogenated alkanes) is 1. The van der Waals surface area contributed by atoms with Crippen molar-refractivity contribution >= 4 is 36.2 Å². The number of aromatic nitrogens is 3. The molecule has 1 aliphatic heterocycles. The number of urea groups is 1. The van der Waals surface area contributed by atoms with E-state index < -0.39 is 53.7 Å². The Kier molecular flexibility index (Phi) is 15.2. The van der Waals surface area contributed by atoms with Crippen LogP contribution in [0.1, 0.15) is 89.8 Å². The summed E-state index contributed by atoms with van der Waals surface area (Å²) < 4.78 is 1.53. The Balaban J connectivity index is 0.00000736. The van der Waals surface area contributed by atoms with E-state index in [0.29, 0.717) is 37.4 Å². The van der Waals surface area contributed by atoms with Crippen LogP contribution in [0.2, 0.25) is 0 Å². The predicted octanol–water partition coefficient (Wildman–Crippen LogP) is -0.199. The zero-order valence-corrected chi connectivity index (χ0v) is 27.5. The first-order valence-electron chi connectivity index (χ1n) is 15.8. The van der Waals surface area contributed by atoms with E-state index in [4.69, 9.17) is 17.9 Å². The van der Waals surface area contributed by atoms with E-state index in [1.165, 1.54) is 22.2 Å². The number of nitrogens with one attached hydrogen (secondary N) is 3. The molecule has 1 aliphatic carbocycles. The van der Waals surface area contributed by atoms with Crippen molar-refractivity contribution in [3.05, 3.63) is 11.9 Å². The molecule has 16 heteroatoms. The van der Waals surface area contributed by atoms with Crippen molar-refractivity contribution in [1.29, 1.82) is 0 Å². The Morgan fingerprint density at radius 2 is 1.87 bits per heavy atom. The summed E-state index contributed by atoms with van der Waals surface area (Å²) in [7, 11) is 0. The van der Waals surface area contributed by atoms with Gasteiger partial charge in [0.2, 0.25) is 17.7 Å². The van der Waals surface area contributed by atoms with Crippen LogP contribution in [0, 0.1) is 18.3 Å². The molecule has 5 amide bonds. The lowest BCUT2D eigenvalue weighted by atomic mass is 9.84. The van der Waals surface area contributed by atoms with Gasteiger partial charge in [-0.05, 0) is 45.4 Å². The average molecular weight is 668 g/mol. The second-order valence-electron chi connectivity index (χ2n) is 12.6. The highest BCUT2D eigenvalue weighted by Gasteiger charge is 2.44. The number of hydrogen-bond donors (Lipinski definition) is 7. The molecule has 0 aromatic carbocycles. The molecular weight excluding hydrogens is 618 g/mol. The van der Waals surface area contributed by atoms with Gasteiger partial charge in [-0.15, -0.1) is 23.9 Å². The molecule has 1 aromatic heterocycles. The summed E-state index contributed by atoms with van der Waals surface area (Å²) in [6.45, 7) is 3.70. The first-order valence-corrected chi connectivity index (χ1v) is 15.8. The number of primary amides is 1. The van der Waals surface area contributed by atoms with Gasteiger partial charge < -0.3 is 42.5 Å². The van der Waals surface area contributed by atoms with Crippen LogP contribution in [-0.2, 0) is 20.0 Å². The molecule has 258 valence electrons. The van der Waals surface area contributed by atoms with Gasteiger partial charge in [0.1, 0.15) is 11.6 Å². The van der Waals surface area contributed by atoms with Crippen molar-refractivity contribution in [2.45, 2.75) is 114 Å². The van der Waals surface area contributed by atoms with Gasteiger partial charge in [0.25, 0.3) is 0 Å². The minimum absolute atomic E-state index is 0. The molecular formula is C30H50ClN9O6. The molecule has 46 heavy (non-hydrogen) atoms. The molecule has 0 radical (unpaired) electrons. The minimum atomic E-state index is -1.67. The molecule has 2 aliphatic rings. The van der Waals surface area contributed by atoms with Gasteiger partial charge in [0, 0.05) is 19.5 Å². The van der Waals surface area contributed by atoms with Gasteiger partial charge in [-0.25, -0.2) is 9.48 Å². The van der Waals surface area contributed by atoms with Crippen LogP contribution in [0.3, 0.4) is 0 Å². The highest BCUT2D eigenvalue weighted by Crippen LogP contribution is 2.33. The van der Waals surface area contributed by atoms with E-state index in [9.17, 15) is 29.4 Å². The fourth-order valence-corrected chi connectivity index (χ4v) is 6.20. The van der Waals surface area contributed by atoms with Gasteiger partial charge in [-0.1, -0.05) is 43.2 Å². The van der Waals surface area contributed by atoms with E-state index in [1.807, 2.05) is 0 Å². The molecule has 1 aromatic rings. The molecule has 2 fully saturated rings. The van der Waals surface area contributed by atoms with E-state index in [-0.39, 0.29) is 44.2 Å².